The zero-order valence-corrected chi connectivity index (χ0v) is 25.1. The Morgan fingerprint density at radius 1 is 0.968 bits per heavy atom. The summed E-state index contributed by atoms with van der Waals surface area (Å²) in [5, 5.41) is 22.3. The first kappa shape index (κ1) is 24.1. The number of carbonyl (C=O) groups is 1. The molecule has 4 nitrogen and oxygen atoms in total. The summed E-state index contributed by atoms with van der Waals surface area (Å²) in [5.41, 5.74) is 1.40. The van der Waals surface area contributed by atoms with Crippen molar-refractivity contribution in [1.82, 2.24) is 0 Å². The van der Waals surface area contributed by atoms with Gasteiger partial charge in [0.25, 0.3) is 0 Å². The molecule has 3 aromatic rings. The van der Waals surface area contributed by atoms with Crippen molar-refractivity contribution in [2.45, 2.75) is 0 Å². The molecule has 0 bridgehead atoms. The van der Waals surface area contributed by atoms with Crippen molar-refractivity contribution in [3.63, 3.8) is 0 Å². The normalized spacial score (nSPS) is 12.3. The van der Waals surface area contributed by atoms with Crippen LogP contribution in [-0.4, -0.2) is 16.2 Å². The van der Waals surface area contributed by atoms with Gasteiger partial charge in [-0.25, -0.2) is 4.79 Å². The van der Waals surface area contributed by atoms with Crippen LogP contribution in [0.5, 0.6) is 17.2 Å². The molecule has 1 aliphatic heterocycles. The van der Waals surface area contributed by atoms with Crippen LogP contribution >= 0.6 is 114 Å². The van der Waals surface area contributed by atoms with Crippen molar-refractivity contribution in [3.05, 3.63) is 75.7 Å². The highest BCUT2D eigenvalue weighted by molar-refractivity contribution is 14.1. The largest absolute Gasteiger partial charge is 0.506 e. The van der Waals surface area contributed by atoms with E-state index < -0.39 is 5.97 Å². The number of aromatic hydroxyl groups is 1. The number of carboxylic acids is 1. The predicted molar refractivity (Wildman–Crippen MR) is 155 cm³/mol. The van der Waals surface area contributed by atoms with Gasteiger partial charge in [0, 0.05) is 30.5 Å². The first-order valence-electron chi connectivity index (χ1n) is 8.36. The van der Waals surface area contributed by atoms with Crippen molar-refractivity contribution in [2.24, 2.45) is 0 Å². The fraction of sp³-hybridized carbons (Fsp3) is 0. The minimum Gasteiger partial charge on any atom is -0.506 e. The topological polar surface area (TPSA) is 66.8 Å². The lowest BCUT2D eigenvalue weighted by Gasteiger charge is -2.25. The molecular weight excluding hydrogens is 895 g/mol. The van der Waals surface area contributed by atoms with Crippen molar-refractivity contribution in [2.75, 3.05) is 0 Å². The summed E-state index contributed by atoms with van der Waals surface area (Å²) in [6, 6.07) is 6.70. The third kappa shape index (κ3) is 3.96. The zero-order valence-electron chi connectivity index (χ0n) is 15.0. The van der Waals surface area contributed by atoms with Gasteiger partial charge < -0.3 is 14.9 Å². The molecule has 2 N–H and O–H groups in total. The van der Waals surface area contributed by atoms with Gasteiger partial charge in [0.15, 0.2) is 5.75 Å². The van der Waals surface area contributed by atoms with Crippen molar-refractivity contribution in [3.8, 4) is 17.2 Å². The Kier molecular flexibility index (Phi) is 6.97. The molecule has 10 heteroatoms. The van der Waals surface area contributed by atoms with Gasteiger partial charge in [-0.05, 0) is 120 Å². The maximum Gasteiger partial charge on any atom is 0.337 e. The second-order valence-corrected chi connectivity index (χ2v) is 11.8. The molecule has 0 radical (unpaired) electrons. The number of ether oxygens (including phenoxy) is 1. The third-order valence-corrected chi connectivity index (χ3v) is 9.28. The van der Waals surface area contributed by atoms with Crippen LogP contribution in [0.25, 0.3) is 12.2 Å². The van der Waals surface area contributed by atoms with Gasteiger partial charge in [-0.2, -0.15) is 0 Å². The summed E-state index contributed by atoms with van der Waals surface area (Å²) in [6.45, 7) is 4.12. The summed E-state index contributed by atoms with van der Waals surface area (Å²) in [5.74, 6) is -0.147. The van der Waals surface area contributed by atoms with Crippen LogP contribution in [0.2, 0.25) is 10.0 Å². The Hall–Kier alpha value is -0.0300. The van der Waals surface area contributed by atoms with Gasteiger partial charge in [0.2, 0.25) is 0 Å². The van der Waals surface area contributed by atoms with Crippen molar-refractivity contribution in [1.29, 1.82) is 0 Å². The molecule has 0 aliphatic carbocycles. The summed E-state index contributed by atoms with van der Waals surface area (Å²) < 4.78 is 9.05. The summed E-state index contributed by atoms with van der Waals surface area (Å²) in [6.07, 6.45) is 0. The SMILES string of the molecule is C=c1c(I)cc2c(c1I)Oc1c(cc(I)c(O)c1I)C=2c1c(Cl)ccc(Cl)c1C(=O)O. The van der Waals surface area contributed by atoms with E-state index in [1.54, 1.807) is 12.1 Å². The number of halogens is 6. The summed E-state index contributed by atoms with van der Waals surface area (Å²) in [7, 11) is 0. The first-order chi connectivity index (χ1) is 14.5. The molecule has 1 heterocycles. The molecule has 0 atom stereocenters. The molecule has 0 spiro atoms. The molecule has 0 saturated carbocycles. The van der Waals surface area contributed by atoms with E-state index in [1.807, 2.05) is 51.2 Å². The van der Waals surface area contributed by atoms with Gasteiger partial charge in [-0.15, -0.1) is 0 Å². The molecule has 4 rings (SSSR count). The van der Waals surface area contributed by atoms with Crippen molar-refractivity contribution < 1.29 is 19.7 Å². The molecule has 3 aromatic carbocycles. The van der Waals surface area contributed by atoms with E-state index >= 15 is 0 Å². The van der Waals surface area contributed by atoms with Gasteiger partial charge in [-0.3, -0.25) is 0 Å². The Morgan fingerprint density at radius 3 is 2.26 bits per heavy atom. The van der Waals surface area contributed by atoms with E-state index in [0.717, 1.165) is 12.4 Å². The number of fused-ring (bicyclic) bond motifs is 2. The number of phenols is 1. The van der Waals surface area contributed by atoms with Gasteiger partial charge in [0.1, 0.15) is 11.5 Å². The number of rotatable bonds is 2. The van der Waals surface area contributed by atoms with Crippen LogP contribution in [0, 0.1) is 14.3 Å². The number of phenolic OH excluding ortho intramolecular Hbond substituents is 1. The molecule has 0 aromatic heterocycles. The van der Waals surface area contributed by atoms with E-state index in [0.29, 0.717) is 40.6 Å². The lowest BCUT2D eigenvalue weighted by atomic mass is 9.89. The molecule has 1 aliphatic rings. The second kappa shape index (κ2) is 8.96. The summed E-state index contributed by atoms with van der Waals surface area (Å²) in [4.78, 5) is 12.2. The molecular formula is C21H8Cl2I4O4. The zero-order chi connectivity index (χ0) is 22.8. The number of hydrogen-bond donors (Lipinski definition) is 2. The molecule has 158 valence electrons. The average Bonchev–Trinajstić information content (AvgIpc) is 2.71. The highest BCUT2D eigenvalue weighted by Gasteiger charge is 2.31. The maximum atomic E-state index is 12.2. The Labute approximate surface area is 241 Å². The Bertz CT molecular complexity index is 1440. The lowest BCUT2D eigenvalue weighted by molar-refractivity contribution is 0.0696. The van der Waals surface area contributed by atoms with Crippen LogP contribution in [-0.2, 0) is 0 Å². The highest BCUT2D eigenvalue weighted by Crippen LogP contribution is 2.47. The number of carboxylic acid groups (broad SMARTS) is 1. The minimum atomic E-state index is -1.19. The number of benzene rings is 3. The lowest BCUT2D eigenvalue weighted by Crippen LogP contribution is -2.26. The molecule has 0 fully saturated rings. The Balaban J connectivity index is 2.34. The van der Waals surface area contributed by atoms with Crippen LogP contribution in [0.15, 0.2) is 24.3 Å². The molecule has 0 amide bonds. The number of hydrogen-bond acceptors (Lipinski definition) is 3. The quantitative estimate of drug-likeness (QED) is 0.224. The average molecular weight is 903 g/mol. The van der Waals surface area contributed by atoms with Crippen molar-refractivity contribution >= 4 is 132 Å². The third-order valence-electron chi connectivity index (χ3n) is 4.73. The van der Waals surface area contributed by atoms with Gasteiger partial charge >= 0.3 is 5.97 Å². The standard InChI is InChI=1S/C21H8Cl2I4O4/c1-6-11(24)4-7-13(14-9(22)2-3-10(23)15(14)21(29)30)8-5-12(25)18(28)17(27)20(8)31-19(7)16(6)26/h2-5,28H,1H2,(H,29,30). The van der Waals surface area contributed by atoms with Crippen LogP contribution in [0.1, 0.15) is 21.5 Å². The van der Waals surface area contributed by atoms with E-state index in [-0.39, 0.29) is 21.4 Å². The Morgan fingerprint density at radius 2 is 1.61 bits per heavy atom. The van der Waals surface area contributed by atoms with E-state index in [9.17, 15) is 15.0 Å². The number of aromatic carboxylic acids is 1. The maximum absolute atomic E-state index is 12.2. The second-order valence-electron chi connectivity index (χ2n) is 6.49. The van der Waals surface area contributed by atoms with E-state index in [4.69, 9.17) is 27.9 Å². The van der Waals surface area contributed by atoms with Gasteiger partial charge in [0.05, 0.1) is 21.3 Å². The molecule has 0 saturated heterocycles. The smallest absolute Gasteiger partial charge is 0.337 e. The highest BCUT2D eigenvalue weighted by atomic mass is 127. The predicted octanol–water partition coefficient (Wildman–Crippen LogP) is 6.58. The monoisotopic (exact) mass is 902 g/mol. The van der Waals surface area contributed by atoms with Gasteiger partial charge in [-0.1, -0.05) is 29.8 Å². The first-order valence-corrected chi connectivity index (χ1v) is 13.4. The fourth-order valence-electron chi connectivity index (χ4n) is 3.32. The van der Waals surface area contributed by atoms with Crippen LogP contribution in [0.4, 0.5) is 0 Å². The fourth-order valence-corrected chi connectivity index (χ4v) is 7.39. The molecule has 0 unspecified atom stereocenters. The van der Waals surface area contributed by atoms with E-state index in [2.05, 4.69) is 51.8 Å². The molecule has 31 heavy (non-hydrogen) atoms. The van der Waals surface area contributed by atoms with Crippen LogP contribution < -0.4 is 15.2 Å². The minimum absolute atomic E-state index is 0.0790. The summed E-state index contributed by atoms with van der Waals surface area (Å²) >= 11 is 21.3. The van der Waals surface area contributed by atoms with E-state index in [1.165, 1.54) is 6.07 Å². The van der Waals surface area contributed by atoms with Crippen LogP contribution in [0.3, 0.4) is 0 Å².